The summed E-state index contributed by atoms with van der Waals surface area (Å²) in [6.45, 7) is 2.29. The minimum Gasteiger partial charge on any atom is -0.478 e. The number of aromatic nitrogens is 4. The van der Waals surface area contributed by atoms with Crippen LogP contribution in [0.1, 0.15) is 44.2 Å². The Labute approximate surface area is 213 Å². The fourth-order valence-electron chi connectivity index (χ4n) is 5.09. The fraction of sp³-hybridized carbons (Fsp3) is 0.333. The van der Waals surface area contributed by atoms with E-state index in [0.29, 0.717) is 30.2 Å². The normalized spacial score (nSPS) is 17.5. The molecule has 10 heteroatoms. The predicted octanol–water partition coefficient (Wildman–Crippen LogP) is 5.09. The van der Waals surface area contributed by atoms with Crippen LogP contribution in [-0.4, -0.2) is 38.4 Å². The van der Waals surface area contributed by atoms with Crippen LogP contribution >= 0.6 is 0 Å². The Morgan fingerprint density at radius 1 is 1.24 bits per heavy atom. The minimum absolute atomic E-state index is 0.0368. The van der Waals surface area contributed by atoms with E-state index in [1.807, 2.05) is 42.9 Å². The summed E-state index contributed by atoms with van der Waals surface area (Å²) in [5.74, 6) is -0.0657. The van der Waals surface area contributed by atoms with E-state index in [0.717, 1.165) is 41.3 Å². The van der Waals surface area contributed by atoms with Crippen LogP contribution in [0.5, 0.6) is 5.88 Å². The average Bonchev–Trinajstić information content (AvgIpc) is 3.44. The Morgan fingerprint density at radius 2 is 2.05 bits per heavy atom. The smallest absolute Gasteiger partial charge is 0.404 e. The molecule has 37 heavy (non-hydrogen) atoms. The molecule has 4 aromatic rings. The molecule has 1 aliphatic rings. The average molecular weight is 503 g/mol. The second-order valence-electron chi connectivity index (χ2n) is 9.13. The number of ether oxygens (including phenoxy) is 2. The molecule has 5 rings (SSSR count). The van der Waals surface area contributed by atoms with Gasteiger partial charge in [-0.25, -0.2) is 13.9 Å². The van der Waals surface area contributed by atoms with E-state index in [9.17, 15) is 14.4 Å². The van der Waals surface area contributed by atoms with E-state index in [2.05, 4.69) is 5.10 Å². The lowest BCUT2D eigenvalue weighted by atomic mass is 9.93. The highest BCUT2D eigenvalue weighted by Gasteiger charge is 2.31. The molecular weight excluding hydrogens is 475 g/mol. The van der Waals surface area contributed by atoms with Gasteiger partial charge in [-0.3, -0.25) is 4.68 Å². The lowest BCUT2D eigenvalue weighted by Crippen LogP contribution is -2.30. The standard InChI is InChI=1S/C27H27FN6O3/c1-3-36-26-24(16-9-10-23-19(11-16)15-31-33(23)2)25(17-7-8-18(14-29)22(28)12-17)32-34(26)20-5-4-6-21(13-20)37-27(30)35/h7-12,15,20-21H,3-6,13H2,1-2H3,(H2,30,35). The van der Waals surface area contributed by atoms with Crippen LogP contribution in [-0.2, 0) is 11.8 Å². The number of halogens is 1. The van der Waals surface area contributed by atoms with Gasteiger partial charge in [0.05, 0.1) is 35.5 Å². The van der Waals surface area contributed by atoms with Crippen molar-refractivity contribution in [2.45, 2.75) is 44.8 Å². The Morgan fingerprint density at radius 3 is 2.78 bits per heavy atom. The first-order chi connectivity index (χ1) is 17.9. The van der Waals surface area contributed by atoms with Gasteiger partial charge < -0.3 is 15.2 Å². The molecule has 2 unspecified atom stereocenters. The van der Waals surface area contributed by atoms with Crippen molar-refractivity contribution in [2.24, 2.45) is 12.8 Å². The number of nitrogens with two attached hydrogens (primary N) is 1. The van der Waals surface area contributed by atoms with Crippen molar-refractivity contribution < 1.29 is 18.7 Å². The van der Waals surface area contributed by atoms with Crippen LogP contribution in [0.4, 0.5) is 9.18 Å². The molecule has 0 aliphatic heterocycles. The molecule has 1 amide bonds. The molecule has 0 saturated heterocycles. The molecule has 0 radical (unpaired) electrons. The lowest BCUT2D eigenvalue weighted by Gasteiger charge is -2.29. The zero-order chi connectivity index (χ0) is 26.1. The van der Waals surface area contributed by atoms with Crippen molar-refractivity contribution in [3.63, 3.8) is 0 Å². The Kier molecular flexibility index (Phi) is 6.53. The Bertz CT molecular complexity index is 1520. The zero-order valence-corrected chi connectivity index (χ0v) is 20.6. The number of nitrogens with zero attached hydrogens (tertiary/aromatic N) is 5. The minimum atomic E-state index is -0.796. The number of fused-ring (bicyclic) bond motifs is 1. The van der Waals surface area contributed by atoms with Crippen molar-refractivity contribution in [1.82, 2.24) is 19.6 Å². The molecule has 2 aromatic heterocycles. The van der Waals surface area contributed by atoms with E-state index in [4.69, 9.17) is 20.3 Å². The monoisotopic (exact) mass is 502 g/mol. The first-order valence-corrected chi connectivity index (χ1v) is 12.2. The van der Waals surface area contributed by atoms with E-state index in [-0.39, 0.29) is 17.7 Å². The third kappa shape index (κ3) is 4.60. The number of hydrogen-bond donors (Lipinski definition) is 1. The molecular formula is C27H27FN6O3. The lowest BCUT2D eigenvalue weighted by molar-refractivity contribution is 0.0641. The molecule has 0 bridgehead atoms. The summed E-state index contributed by atoms with van der Waals surface area (Å²) >= 11 is 0. The van der Waals surface area contributed by atoms with Gasteiger partial charge in [0.1, 0.15) is 23.7 Å². The van der Waals surface area contributed by atoms with Gasteiger partial charge in [-0.1, -0.05) is 12.1 Å². The summed E-state index contributed by atoms with van der Waals surface area (Å²) in [7, 11) is 1.88. The van der Waals surface area contributed by atoms with Crippen molar-refractivity contribution in [1.29, 1.82) is 5.26 Å². The molecule has 1 aliphatic carbocycles. The van der Waals surface area contributed by atoms with Crippen LogP contribution in [0, 0.1) is 17.1 Å². The molecule has 2 aromatic carbocycles. The van der Waals surface area contributed by atoms with Crippen LogP contribution in [0.15, 0.2) is 42.6 Å². The molecule has 2 atom stereocenters. The van der Waals surface area contributed by atoms with Gasteiger partial charge in [0.25, 0.3) is 0 Å². The van der Waals surface area contributed by atoms with Crippen molar-refractivity contribution in [3.8, 4) is 34.3 Å². The number of primary amides is 1. The number of hydrogen-bond acceptors (Lipinski definition) is 6. The SMILES string of the molecule is CCOc1c(-c2ccc3c(cnn3C)c2)c(-c2ccc(C#N)c(F)c2)nn1C1CCCC(OC(N)=O)C1. The fourth-order valence-corrected chi connectivity index (χ4v) is 5.09. The highest BCUT2D eigenvalue weighted by Crippen LogP contribution is 2.44. The molecule has 9 nitrogen and oxygen atoms in total. The summed E-state index contributed by atoms with van der Waals surface area (Å²) in [5.41, 5.74) is 8.83. The van der Waals surface area contributed by atoms with Crippen molar-refractivity contribution >= 4 is 17.0 Å². The van der Waals surface area contributed by atoms with Gasteiger partial charge >= 0.3 is 6.09 Å². The third-order valence-electron chi connectivity index (χ3n) is 6.77. The molecule has 1 fully saturated rings. The molecule has 0 spiro atoms. The zero-order valence-electron chi connectivity index (χ0n) is 20.6. The summed E-state index contributed by atoms with van der Waals surface area (Å²) in [6, 6.07) is 12.2. The number of carbonyl (C=O) groups is 1. The van der Waals surface area contributed by atoms with Crippen LogP contribution in [0.25, 0.3) is 33.3 Å². The highest BCUT2D eigenvalue weighted by molar-refractivity contribution is 5.91. The first kappa shape index (κ1) is 24.3. The molecule has 1 saturated carbocycles. The summed E-state index contributed by atoms with van der Waals surface area (Å²) < 4.78 is 29.8. The van der Waals surface area contributed by atoms with Crippen LogP contribution in [0.3, 0.4) is 0 Å². The summed E-state index contributed by atoms with van der Waals surface area (Å²) in [4.78, 5) is 11.4. The number of rotatable bonds is 6. The number of aryl methyl sites for hydroxylation is 1. The number of nitriles is 1. The quantitative estimate of drug-likeness (QED) is 0.392. The summed E-state index contributed by atoms with van der Waals surface area (Å²) in [6.07, 6.45) is 3.57. The van der Waals surface area contributed by atoms with Gasteiger partial charge in [0.2, 0.25) is 5.88 Å². The van der Waals surface area contributed by atoms with E-state index < -0.39 is 11.9 Å². The molecule has 190 valence electrons. The highest BCUT2D eigenvalue weighted by atomic mass is 19.1. The van der Waals surface area contributed by atoms with Gasteiger partial charge in [0.15, 0.2) is 0 Å². The maximum absolute atomic E-state index is 14.7. The second kappa shape index (κ2) is 9.93. The van der Waals surface area contributed by atoms with Gasteiger partial charge in [-0.05, 0) is 56.0 Å². The maximum Gasteiger partial charge on any atom is 0.404 e. The van der Waals surface area contributed by atoms with E-state index >= 15 is 0 Å². The van der Waals surface area contributed by atoms with Crippen molar-refractivity contribution in [2.75, 3.05) is 6.61 Å². The van der Waals surface area contributed by atoms with Gasteiger partial charge in [-0.15, -0.1) is 0 Å². The molecule has 2 N–H and O–H groups in total. The van der Waals surface area contributed by atoms with Gasteiger partial charge in [0, 0.05) is 24.4 Å². The third-order valence-corrected chi connectivity index (χ3v) is 6.77. The van der Waals surface area contributed by atoms with Gasteiger partial charge in [-0.2, -0.15) is 15.5 Å². The number of amides is 1. The van der Waals surface area contributed by atoms with Crippen LogP contribution < -0.4 is 10.5 Å². The number of benzene rings is 2. The second-order valence-corrected chi connectivity index (χ2v) is 9.13. The topological polar surface area (TPSA) is 121 Å². The number of carbonyl (C=O) groups excluding carboxylic acids is 1. The summed E-state index contributed by atoms with van der Waals surface area (Å²) in [5, 5.41) is 19.4. The Hall–Kier alpha value is -4.39. The maximum atomic E-state index is 14.7. The van der Waals surface area contributed by atoms with Crippen molar-refractivity contribution in [3.05, 3.63) is 54.0 Å². The van der Waals surface area contributed by atoms with Crippen LogP contribution in [0.2, 0.25) is 0 Å². The Balaban J connectivity index is 1.70. The molecule has 2 heterocycles. The largest absolute Gasteiger partial charge is 0.478 e. The van der Waals surface area contributed by atoms with E-state index in [1.54, 1.807) is 16.9 Å². The van der Waals surface area contributed by atoms with E-state index in [1.165, 1.54) is 12.1 Å². The predicted molar refractivity (Wildman–Crippen MR) is 135 cm³/mol. The first-order valence-electron chi connectivity index (χ1n) is 12.2.